The Labute approximate surface area is 91.4 Å². The average molecular weight is 203 g/mol. The van der Waals surface area contributed by atoms with Crippen LogP contribution in [0, 0.1) is 11.3 Å². The second-order valence-corrected chi connectivity index (χ2v) is 3.83. The van der Waals surface area contributed by atoms with Crippen molar-refractivity contribution in [3.8, 4) is 6.07 Å². The number of hydrogen-bond acceptors (Lipinski definition) is 3. The highest BCUT2D eigenvalue weighted by Crippen LogP contribution is 2.07. The molecule has 0 saturated carbocycles. The van der Waals surface area contributed by atoms with Gasteiger partial charge in [-0.2, -0.15) is 5.26 Å². The van der Waals surface area contributed by atoms with E-state index < -0.39 is 0 Å². The molecule has 0 atom stereocenters. The quantitative estimate of drug-likeness (QED) is 0.736. The van der Waals surface area contributed by atoms with Crippen LogP contribution in [0.25, 0.3) is 0 Å². The molecule has 1 rings (SSSR count). The summed E-state index contributed by atoms with van der Waals surface area (Å²) in [7, 11) is 0. The molecule has 0 aliphatic rings. The summed E-state index contributed by atoms with van der Waals surface area (Å²) in [5.74, 6) is 0. The van der Waals surface area contributed by atoms with E-state index in [0.29, 0.717) is 12.5 Å². The third-order valence-electron chi connectivity index (χ3n) is 2.35. The summed E-state index contributed by atoms with van der Waals surface area (Å²) in [5.41, 5.74) is 1.20. The zero-order valence-electron chi connectivity index (χ0n) is 9.35. The van der Waals surface area contributed by atoms with Crippen LogP contribution < -0.4 is 0 Å². The topological polar surface area (TPSA) is 39.9 Å². The molecule has 0 radical (unpaired) electrons. The molecule has 1 heterocycles. The van der Waals surface area contributed by atoms with Crippen molar-refractivity contribution in [2.45, 2.75) is 32.9 Å². The van der Waals surface area contributed by atoms with Gasteiger partial charge in [0.1, 0.15) is 0 Å². The summed E-state index contributed by atoms with van der Waals surface area (Å²) >= 11 is 0. The van der Waals surface area contributed by atoms with Crippen LogP contribution in [0.15, 0.2) is 24.5 Å². The van der Waals surface area contributed by atoms with Gasteiger partial charge in [-0.15, -0.1) is 0 Å². The molecule has 0 unspecified atom stereocenters. The van der Waals surface area contributed by atoms with Crippen LogP contribution >= 0.6 is 0 Å². The van der Waals surface area contributed by atoms with Gasteiger partial charge >= 0.3 is 0 Å². The molecule has 15 heavy (non-hydrogen) atoms. The fourth-order valence-corrected chi connectivity index (χ4v) is 1.44. The van der Waals surface area contributed by atoms with Crippen molar-refractivity contribution in [3.63, 3.8) is 0 Å². The number of nitriles is 1. The molecule has 80 valence electrons. The molecule has 1 aromatic rings. The van der Waals surface area contributed by atoms with Crippen LogP contribution in [0.5, 0.6) is 0 Å². The molecule has 0 aliphatic heterocycles. The van der Waals surface area contributed by atoms with E-state index in [4.69, 9.17) is 5.26 Å². The van der Waals surface area contributed by atoms with E-state index in [-0.39, 0.29) is 0 Å². The van der Waals surface area contributed by atoms with Gasteiger partial charge in [-0.3, -0.25) is 9.88 Å². The van der Waals surface area contributed by atoms with E-state index in [9.17, 15) is 0 Å². The third-order valence-corrected chi connectivity index (χ3v) is 2.35. The largest absolute Gasteiger partial charge is 0.296 e. The van der Waals surface area contributed by atoms with E-state index in [1.807, 2.05) is 12.3 Å². The van der Waals surface area contributed by atoms with Crippen molar-refractivity contribution >= 4 is 0 Å². The van der Waals surface area contributed by atoms with Crippen molar-refractivity contribution in [1.82, 2.24) is 9.88 Å². The van der Waals surface area contributed by atoms with Crippen LogP contribution in [0.2, 0.25) is 0 Å². The molecule has 0 bridgehead atoms. The minimum Gasteiger partial charge on any atom is -0.296 e. The van der Waals surface area contributed by atoms with E-state index in [0.717, 1.165) is 13.1 Å². The molecule has 0 saturated heterocycles. The molecule has 3 nitrogen and oxygen atoms in total. The summed E-state index contributed by atoms with van der Waals surface area (Å²) in [6.45, 7) is 5.98. The molecule has 0 spiro atoms. The Balaban J connectivity index is 2.56. The van der Waals surface area contributed by atoms with E-state index in [2.05, 4.69) is 35.9 Å². The van der Waals surface area contributed by atoms with E-state index in [1.54, 1.807) is 6.20 Å². The smallest absolute Gasteiger partial charge is 0.0635 e. The molecule has 0 fully saturated rings. The lowest BCUT2D eigenvalue weighted by Gasteiger charge is -2.25. The van der Waals surface area contributed by atoms with Gasteiger partial charge in [-0.25, -0.2) is 0 Å². The normalized spacial score (nSPS) is 10.6. The molecule has 0 aliphatic carbocycles. The number of nitrogens with zero attached hydrogens (tertiary/aromatic N) is 3. The highest BCUT2D eigenvalue weighted by molar-refractivity contribution is 5.08. The SMILES string of the molecule is CC(C)N(CCC#N)Cc1cccnc1. The molecular formula is C12H17N3. The first-order valence-electron chi connectivity index (χ1n) is 5.24. The average Bonchev–Trinajstić information content (AvgIpc) is 2.25. The molecule has 3 heteroatoms. The van der Waals surface area contributed by atoms with E-state index >= 15 is 0 Å². The molecule has 1 aromatic heterocycles. The highest BCUT2D eigenvalue weighted by Gasteiger charge is 2.09. The van der Waals surface area contributed by atoms with Crippen molar-refractivity contribution in [1.29, 1.82) is 5.26 Å². The minimum atomic E-state index is 0.457. The summed E-state index contributed by atoms with van der Waals surface area (Å²) in [5, 5.41) is 8.57. The number of rotatable bonds is 5. The molecule has 0 amide bonds. The molecular weight excluding hydrogens is 186 g/mol. The van der Waals surface area contributed by atoms with Gasteiger partial charge in [0.05, 0.1) is 6.07 Å². The number of hydrogen-bond donors (Lipinski definition) is 0. The second kappa shape index (κ2) is 6.15. The Hall–Kier alpha value is -1.40. The monoisotopic (exact) mass is 203 g/mol. The van der Waals surface area contributed by atoms with Gasteiger partial charge in [0.15, 0.2) is 0 Å². The van der Waals surface area contributed by atoms with Crippen LogP contribution in [-0.4, -0.2) is 22.5 Å². The van der Waals surface area contributed by atoms with Gasteiger partial charge in [0.2, 0.25) is 0 Å². The standard InChI is InChI=1S/C12H17N3/c1-11(2)15(8-4-6-13)10-12-5-3-7-14-9-12/h3,5,7,9,11H,4,8,10H2,1-2H3. The summed E-state index contributed by atoms with van der Waals surface area (Å²) in [4.78, 5) is 6.36. The van der Waals surface area contributed by atoms with Crippen molar-refractivity contribution < 1.29 is 0 Å². The fourth-order valence-electron chi connectivity index (χ4n) is 1.44. The molecule has 0 N–H and O–H groups in total. The summed E-state index contributed by atoms with van der Waals surface area (Å²) in [6.07, 6.45) is 4.23. The first-order chi connectivity index (χ1) is 7.24. The fraction of sp³-hybridized carbons (Fsp3) is 0.500. The summed E-state index contributed by atoms with van der Waals surface area (Å²) in [6, 6.07) is 6.65. The minimum absolute atomic E-state index is 0.457. The van der Waals surface area contributed by atoms with Crippen LogP contribution in [0.4, 0.5) is 0 Å². The van der Waals surface area contributed by atoms with Crippen LogP contribution in [0.1, 0.15) is 25.8 Å². The number of pyridine rings is 1. The lowest BCUT2D eigenvalue weighted by Crippen LogP contribution is -2.31. The first-order valence-corrected chi connectivity index (χ1v) is 5.24. The predicted molar refractivity (Wildman–Crippen MR) is 60.0 cm³/mol. The van der Waals surface area contributed by atoms with Crippen molar-refractivity contribution in [2.75, 3.05) is 6.54 Å². The first kappa shape index (κ1) is 11.7. The highest BCUT2D eigenvalue weighted by atomic mass is 15.1. The Morgan fingerprint density at radius 3 is 2.87 bits per heavy atom. The maximum Gasteiger partial charge on any atom is 0.0635 e. The Morgan fingerprint density at radius 2 is 2.33 bits per heavy atom. The van der Waals surface area contributed by atoms with Gasteiger partial charge in [0.25, 0.3) is 0 Å². The van der Waals surface area contributed by atoms with Gasteiger partial charge in [0, 0.05) is 37.9 Å². The maximum atomic E-state index is 8.57. The third kappa shape index (κ3) is 4.09. The zero-order chi connectivity index (χ0) is 11.1. The Bertz CT molecular complexity index is 313. The molecule has 0 aromatic carbocycles. The zero-order valence-corrected chi connectivity index (χ0v) is 9.35. The van der Waals surface area contributed by atoms with Gasteiger partial charge < -0.3 is 0 Å². The number of aromatic nitrogens is 1. The second-order valence-electron chi connectivity index (χ2n) is 3.83. The van der Waals surface area contributed by atoms with Crippen molar-refractivity contribution in [3.05, 3.63) is 30.1 Å². The summed E-state index contributed by atoms with van der Waals surface area (Å²) < 4.78 is 0. The maximum absolute atomic E-state index is 8.57. The Morgan fingerprint density at radius 1 is 1.53 bits per heavy atom. The van der Waals surface area contributed by atoms with Crippen molar-refractivity contribution in [2.24, 2.45) is 0 Å². The predicted octanol–water partition coefficient (Wildman–Crippen LogP) is 2.21. The van der Waals surface area contributed by atoms with Gasteiger partial charge in [-0.1, -0.05) is 6.07 Å². The van der Waals surface area contributed by atoms with Crippen LogP contribution in [-0.2, 0) is 6.54 Å². The lowest BCUT2D eigenvalue weighted by molar-refractivity contribution is 0.217. The van der Waals surface area contributed by atoms with Crippen LogP contribution in [0.3, 0.4) is 0 Å². The van der Waals surface area contributed by atoms with Gasteiger partial charge in [-0.05, 0) is 25.5 Å². The Kier molecular flexibility index (Phi) is 4.79. The van der Waals surface area contributed by atoms with E-state index in [1.165, 1.54) is 5.56 Å². The lowest BCUT2D eigenvalue weighted by atomic mass is 10.2.